The van der Waals surface area contributed by atoms with Gasteiger partial charge in [-0.1, -0.05) is 26.8 Å². The normalized spacial score (nSPS) is 20.8. The van der Waals surface area contributed by atoms with Crippen molar-refractivity contribution >= 4 is 5.78 Å². The first kappa shape index (κ1) is 11.4. The highest BCUT2D eigenvalue weighted by Gasteiger charge is 2.25. The molecule has 0 aliphatic heterocycles. The van der Waals surface area contributed by atoms with Crippen LogP contribution in [0, 0.1) is 5.41 Å². The molecule has 1 aliphatic carbocycles. The summed E-state index contributed by atoms with van der Waals surface area (Å²) in [5, 5.41) is 3.28. The highest BCUT2D eigenvalue weighted by Crippen LogP contribution is 2.30. The molecule has 2 heteroatoms. The van der Waals surface area contributed by atoms with Gasteiger partial charge >= 0.3 is 0 Å². The van der Waals surface area contributed by atoms with Crippen LogP contribution < -0.4 is 5.32 Å². The minimum atomic E-state index is 0.205. The average molecular weight is 195 g/mol. The molecule has 0 saturated carbocycles. The molecule has 2 nitrogen and oxygen atoms in total. The van der Waals surface area contributed by atoms with E-state index in [0.29, 0.717) is 12.2 Å². The third-order valence-corrected chi connectivity index (χ3v) is 2.66. The van der Waals surface area contributed by atoms with Gasteiger partial charge in [-0.3, -0.25) is 4.79 Å². The summed E-state index contributed by atoms with van der Waals surface area (Å²) in [4.78, 5) is 11.6. The minimum Gasteiger partial charge on any atom is -0.313 e. The predicted molar refractivity (Wildman–Crippen MR) is 59.3 cm³/mol. The Balaban J connectivity index is 2.55. The Morgan fingerprint density at radius 1 is 1.50 bits per heavy atom. The molecular weight excluding hydrogens is 174 g/mol. The standard InChI is InChI=1S/C12H21NO/c1-4-7-13-9-10-8-12(2,3)6-5-11(10)14/h8,13H,4-7,9H2,1-3H3. The number of nitrogens with one attached hydrogen (secondary N) is 1. The van der Waals surface area contributed by atoms with Crippen LogP contribution in [-0.2, 0) is 4.79 Å². The molecule has 0 unspecified atom stereocenters. The predicted octanol–water partition coefficient (Wildman–Crippen LogP) is 2.30. The molecule has 0 fully saturated rings. The number of rotatable bonds is 4. The third kappa shape index (κ3) is 3.26. The van der Waals surface area contributed by atoms with Gasteiger partial charge in [-0.2, -0.15) is 0 Å². The molecule has 80 valence electrons. The van der Waals surface area contributed by atoms with E-state index in [1.807, 2.05) is 0 Å². The molecule has 0 spiro atoms. The van der Waals surface area contributed by atoms with Crippen LogP contribution in [0.3, 0.4) is 0 Å². The van der Waals surface area contributed by atoms with Gasteiger partial charge in [0.05, 0.1) is 0 Å². The zero-order valence-corrected chi connectivity index (χ0v) is 9.52. The molecule has 0 amide bonds. The first-order chi connectivity index (χ1) is 6.55. The molecule has 0 bridgehead atoms. The average Bonchev–Trinajstić information content (AvgIpc) is 2.11. The van der Waals surface area contributed by atoms with Crippen molar-refractivity contribution in [3.05, 3.63) is 11.6 Å². The van der Waals surface area contributed by atoms with Crippen molar-refractivity contribution < 1.29 is 4.79 Å². The van der Waals surface area contributed by atoms with Gasteiger partial charge in [-0.15, -0.1) is 0 Å². The van der Waals surface area contributed by atoms with Gasteiger partial charge in [0, 0.05) is 18.5 Å². The molecule has 0 aromatic rings. The maximum absolute atomic E-state index is 11.6. The van der Waals surface area contributed by atoms with Crippen molar-refractivity contribution in [1.82, 2.24) is 5.32 Å². The van der Waals surface area contributed by atoms with Crippen molar-refractivity contribution in [3.63, 3.8) is 0 Å². The fourth-order valence-corrected chi connectivity index (χ4v) is 1.77. The van der Waals surface area contributed by atoms with E-state index in [2.05, 4.69) is 32.2 Å². The number of hydrogen-bond acceptors (Lipinski definition) is 2. The molecule has 1 rings (SSSR count). The van der Waals surface area contributed by atoms with Gasteiger partial charge < -0.3 is 5.32 Å². The summed E-state index contributed by atoms with van der Waals surface area (Å²) in [7, 11) is 0. The summed E-state index contributed by atoms with van der Waals surface area (Å²) in [6.07, 6.45) is 4.96. The van der Waals surface area contributed by atoms with Gasteiger partial charge in [0.25, 0.3) is 0 Å². The van der Waals surface area contributed by atoms with Gasteiger partial charge in [-0.05, 0) is 24.8 Å². The summed E-state index contributed by atoms with van der Waals surface area (Å²) in [6, 6.07) is 0. The monoisotopic (exact) mass is 195 g/mol. The van der Waals surface area contributed by atoms with E-state index in [1.165, 1.54) is 0 Å². The van der Waals surface area contributed by atoms with E-state index in [1.54, 1.807) is 0 Å². The smallest absolute Gasteiger partial charge is 0.159 e. The maximum Gasteiger partial charge on any atom is 0.159 e. The van der Waals surface area contributed by atoms with Crippen molar-refractivity contribution in [1.29, 1.82) is 0 Å². The molecule has 0 heterocycles. The van der Waals surface area contributed by atoms with Gasteiger partial charge in [0.15, 0.2) is 5.78 Å². The molecule has 1 N–H and O–H groups in total. The van der Waals surface area contributed by atoms with Crippen molar-refractivity contribution in [2.24, 2.45) is 5.41 Å². The minimum absolute atomic E-state index is 0.205. The summed E-state index contributed by atoms with van der Waals surface area (Å²) in [5.74, 6) is 0.327. The quantitative estimate of drug-likeness (QED) is 0.697. The molecular formula is C12H21NO. The Labute approximate surface area is 86.8 Å². The molecule has 0 aromatic heterocycles. The second kappa shape index (κ2) is 4.74. The van der Waals surface area contributed by atoms with Gasteiger partial charge in [-0.25, -0.2) is 0 Å². The Bertz CT molecular complexity index is 241. The second-order valence-electron chi connectivity index (χ2n) is 4.76. The Morgan fingerprint density at radius 3 is 2.86 bits per heavy atom. The van der Waals surface area contributed by atoms with Crippen LogP contribution in [0.25, 0.3) is 0 Å². The molecule has 0 atom stereocenters. The fourth-order valence-electron chi connectivity index (χ4n) is 1.77. The van der Waals surface area contributed by atoms with Crippen LogP contribution >= 0.6 is 0 Å². The SMILES string of the molecule is CCCNCC1=CC(C)(C)CCC1=O. The van der Waals surface area contributed by atoms with Crippen LogP contribution in [-0.4, -0.2) is 18.9 Å². The van der Waals surface area contributed by atoms with Crippen LogP contribution in [0.5, 0.6) is 0 Å². The van der Waals surface area contributed by atoms with Gasteiger partial charge in [0.2, 0.25) is 0 Å². The maximum atomic E-state index is 11.6. The second-order valence-corrected chi connectivity index (χ2v) is 4.76. The largest absolute Gasteiger partial charge is 0.313 e. The van der Waals surface area contributed by atoms with Gasteiger partial charge in [0.1, 0.15) is 0 Å². The number of Topliss-reactive ketones (excluding diaryl/α,β-unsaturated/α-hetero) is 1. The van der Waals surface area contributed by atoms with E-state index in [9.17, 15) is 4.79 Å². The number of ketones is 1. The Kier molecular flexibility index (Phi) is 3.87. The highest BCUT2D eigenvalue weighted by molar-refractivity contribution is 5.96. The molecule has 0 aromatic carbocycles. The number of carbonyl (C=O) groups is 1. The van der Waals surface area contributed by atoms with Crippen LogP contribution in [0.4, 0.5) is 0 Å². The third-order valence-electron chi connectivity index (χ3n) is 2.66. The summed E-state index contributed by atoms with van der Waals surface area (Å²) in [6.45, 7) is 8.26. The van der Waals surface area contributed by atoms with Crippen molar-refractivity contribution in [2.75, 3.05) is 13.1 Å². The number of carbonyl (C=O) groups excluding carboxylic acids is 1. The van der Waals surface area contributed by atoms with Crippen molar-refractivity contribution in [2.45, 2.75) is 40.0 Å². The topological polar surface area (TPSA) is 29.1 Å². The van der Waals surface area contributed by atoms with E-state index in [4.69, 9.17) is 0 Å². The van der Waals surface area contributed by atoms with Crippen molar-refractivity contribution in [3.8, 4) is 0 Å². The molecule has 1 aliphatic rings. The lowest BCUT2D eigenvalue weighted by atomic mass is 9.79. The van der Waals surface area contributed by atoms with E-state index < -0.39 is 0 Å². The number of hydrogen-bond donors (Lipinski definition) is 1. The zero-order valence-electron chi connectivity index (χ0n) is 9.52. The summed E-state index contributed by atoms with van der Waals surface area (Å²) >= 11 is 0. The lowest BCUT2D eigenvalue weighted by Gasteiger charge is -2.26. The van der Waals surface area contributed by atoms with Crippen LogP contribution in [0.2, 0.25) is 0 Å². The fraction of sp³-hybridized carbons (Fsp3) is 0.750. The molecule has 14 heavy (non-hydrogen) atoms. The Hall–Kier alpha value is -0.630. The van der Waals surface area contributed by atoms with E-state index in [-0.39, 0.29) is 5.41 Å². The summed E-state index contributed by atoms with van der Waals surface area (Å²) < 4.78 is 0. The Morgan fingerprint density at radius 2 is 2.21 bits per heavy atom. The lowest BCUT2D eigenvalue weighted by molar-refractivity contribution is -0.116. The zero-order chi connectivity index (χ0) is 10.6. The first-order valence-corrected chi connectivity index (χ1v) is 5.51. The van der Waals surface area contributed by atoms with Crippen LogP contribution in [0.1, 0.15) is 40.0 Å². The lowest BCUT2D eigenvalue weighted by Crippen LogP contribution is -2.27. The summed E-state index contributed by atoms with van der Waals surface area (Å²) in [5.41, 5.74) is 1.19. The van der Waals surface area contributed by atoms with E-state index >= 15 is 0 Å². The number of allylic oxidation sites excluding steroid dienone is 1. The highest BCUT2D eigenvalue weighted by atomic mass is 16.1. The first-order valence-electron chi connectivity index (χ1n) is 5.51. The van der Waals surface area contributed by atoms with E-state index in [0.717, 1.165) is 31.5 Å². The molecule has 0 saturated heterocycles. The molecule has 0 radical (unpaired) electrons. The van der Waals surface area contributed by atoms with Crippen LogP contribution in [0.15, 0.2) is 11.6 Å².